The van der Waals surface area contributed by atoms with Crippen LogP contribution in [-0.2, 0) is 9.59 Å². The fourth-order valence-electron chi connectivity index (χ4n) is 3.70. The predicted molar refractivity (Wildman–Crippen MR) is 101 cm³/mol. The van der Waals surface area contributed by atoms with Crippen molar-refractivity contribution in [2.45, 2.75) is 63.3 Å². The highest BCUT2D eigenvalue weighted by molar-refractivity contribution is 5.91. The summed E-state index contributed by atoms with van der Waals surface area (Å²) in [5, 5.41) is 22.7. The molecule has 0 heterocycles. The van der Waals surface area contributed by atoms with Gasteiger partial charge < -0.3 is 26.0 Å². The molecule has 2 rings (SSSR count). The van der Waals surface area contributed by atoms with Gasteiger partial charge >= 0.3 is 5.97 Å². The number of carbonyl (C=O) groups excluding carboxylic acids is 1. The Morgan fingerprint density at radius 2 is 1.71 bits per heavy atom. The summed E-state index contributed by atoms with van der Waals surface area (Å²) in [5.41, 5.74) is 5.58. The number of benzene rings is 1. The zero-order valence-corrected chi connectivity index (χ0v) is 16.9. The Labute approximate surface area is 176 Å². The molecular formula is C20H26F4N2O5. The number of ether oxygens (including phenoxy) is 1. The molecule has 1 aliphatic carbocycles. The van der Waals surface area contributed by atoms with Crippen LogP contribution in [0.3, 0.4) is 0 Å². The molecule has 5 N–H and O–H groups in total. The summed E-state index contributed by atoms with van der Waals surface area (Å²) in [6.07, 6.45) is 2.80. The highest BCUT2D eigenvalue weighted by atomic mass is 19.2. The van der Waals surface area contributed by atoms with Crippen LogP contribution < -0.4 is 15.8 Å². The molecule has 31 heavy (non-hydrogen) atoms. The molecule has 1 aromatic carbocycles. The molecule has 7 nitrogen and oxygen atoms in total. The van der Waals surface area contributed by atoms with E-state index in [0.29, 0.717) is 0 Å². The van der Waals surface area contributed by atoms with E-state index in [-0.39, 0.29) is 12.1 Å². The Kier molecular flexibility index (Phi) is 8.78. The van der Waals surface area contributed by atoms with Gasteiger partial charge in [-0.1, -0.05) is 19.3 Å². The molecule has 0 saturated heterocycles. The van der Waals surface area contributed by atoms with E-state index in [1.165, 1.54) is 6.92 Å². The highest BCUT2D eigenvalue weighted by Crippen LogP contribution is 2.27. The number of nitrogens with one attached hydrogen (secondary N) is 1. The quantitative estimate of drug-likeness (QED) is 0.317. The number of aliphatic hydroxyl groups is 1. The molecule has 1 aliphatic rings. The first-order chi connectivity index (χ1) is 14.5. The second kappa shape index (κ2) is 10.9. The Morgan fingerprint density at radius 3 is 2.23 bits per heavy atom. The highest BCUT2D eigenvalue weighted by Gasteiger charge is 2.40. The lowest BCUT2D eigenvalue weighted by Crippen LogP contribution is -2.55. The van der Waals surface area contributed by atoms with Gasteiger partial charge in [-0.15, -0.1) is 0 Å². The third-order valence-electron chi connectivity index (χ3n) is 5.40. The van der Waals surface area contributed by atoms with Crippen LogP contribution in [-0.4, -0.2) is 52.8 Å². The Morgan fingerprint density at radius 1 is 1.16 bits per heavy atom. The molecule has 0 aliphatic heterocycles. The summed E-state index contributed by atoms with van der Waals surface area (Å²) < 4.78 is 58.8. The normalized spacial score (nSPS) is 18.8. The van der Waals surface area contributed by atoms with Gasteiger partial charge in [-0.3, -0.25) is 9.59 Å². The van der Waals surface area contributed by atoms with Crippen LogP contribution >= 0.6 is 0 Å². The SMILES string of the molecule is C[C@H](NC1CCCCC1)C(=O)[C@H](C(O)COc1c(F)c(F)cc(F)c1F)C(N)C(=O)O. The molecule has 174 valence electrons. The Hall–Kier alpha value is -2.24. The predicted octanol–water partition coefficient (Wildman–Crippen LogP) is 1.89. The van der Waals surface area contributed by atoms with Gasteiger partial charge in [-0.2, -0.15) is 8.78 Å². The maximum atomic E-state index is 13.7. The van der Waals surface area contributed by atoms with Crippen molar-refractivity contribution in [2.75, 3.05) is 6.61 Å². The molecule has 0 spiro atoms. The van der Waals surface area contributed by atoms with Gasteiger partial charge in [-0.25, -0.2) is 8.78 Å². The molecule has 4 atom stereocenters. The van der Waals surface area contributed by atoms with E-state index in [9.17, 15) is 37.4 Å². The average molecular weight is 450 g/mol. The summed E-state index contributed by atoms with van der Waals surface area (Å²) in [6.45, 7) is 0.470. The van der Waals surface area contributed by atoms with Crippen molar-refractivity contribution in [3.8, 4) is 5.75 Å². The molecule has 1 fully saturated rings. The minimum Gasteiger partial charge on any atom is -0.485 e. The van der Waals surface area contributed by atoms with Crippen LogP contribution in [0.1, 0.15) is 39.0 Å². The fourth-order valence-corrected chi connectivity index (χ4v) is 3.70. The first-order valence-corrected chi connectivity index (χ1v) is 9.96. The van der Waals surface area contributed by atoms with Crippen molar-refractivity contribution in [1.29, 1.82) is 0 Å². The van der Waals surface area contributed by atoms with Crippen molar-refractivity contribution in [1.82, 2.24) is 5.32 Å². The summed E-state index contributed by atoms with van der Waals surface area (Å²) in [5.74, 6) is -12.5. The van der Waals surface area contributed by atoms with E-state index in [1.807, 2.05) is 0 Å². The van der Waals surface area contributed by atoms with Crippen LogP contribution in [0.5, 0.6) is 5.75 Å². The summed E-state index contributed by atoms with van der Waals surface area (Å²) in [4.78, 5) is 24.2. The van der Waals surface area contributed by atoms with Gasteiger partial charge in [-0.05, 0) is 19.8 Å². The smallest absolute Gasteiger partial charge is 0.321 e. The number of carboxylic acids is 1. The zero-order valence-electron chi connectivity index (χ0n) is 16.9. The number of rotatable bonds is 10. The molecule has 0 aromatic heterocycles. The standard InChI is InChI=1S/C20H26F4N2O5/c1-9(26-10-5-3-2-4-6-10)18(28)14(17(25)20(29)30)13(27)8-31-19-15(23)11(21)7-12(22)16(19)24/h7,9-10,13-14,17,26-27H,2-6,8,25H2,1H3,(H,29,30)/t9-,13?,14+,17?/m0/s1. The van der Waals surface area contributed by atoms with Gasteiger partial charge in [0.25, 0.3) is 0 Å². The van der Waals surface area contributed by atoms with Crippen molar-refractivity contribution >= 4 is 11.8 Å². The van der Waals surface area contributed by atoms with E-state index in [2.05, 4.69) is 10.1 Å². The maximum absolute atomic E-state index is 13.7. The minimum absolute atomic E-state index is 0.0146. The fraction of sp³-hybridized carbons (Fsp3) is 0.600. The van der Waals surface area contributed by atoms with Gasteiger partial charge in [0.1, 0.15) is 12.6 Å². The Bertz CT molecular complexity index is 778. The molecular weight excluding hydrogens is 424 g/mol. The number of nitrogens with two attached hydrogens (primary N) is 1. The van der Waals surface area contributed by atoms with E-state index in [0.717, 1.165) is 32.1 Å². The first-order valence-electron chi connectivity index (χ1n) is 9.96. The Balaban J connectivity index is 2.15. The summed E-state index contributed by atoms with van der Waals surface area (Å²) in [7, 11) is 0. The lowest BCUT2D eigenvalue weighted by molar-refractivity contribution is -0.146. The van der Waals surface area contributed by atoms with E-state index >= 15 is 0 Å². The monoisotopic (exact) mass is 450 g/mol. The third kappa shape index (κ3) is 6.14. The number of halogens is 4. The van der Waals surface area contributed by atoms with Crippen LogP contribution in [0, 0.1) is 29.2 Å². The topological polar surface area (TPSA) is 122 Å². The molecule has 0 radical (unpaired) electrons. The minimum atomic E-state index is -1.92. The lowest BCUT2D eigenvalue weighted by atomic mass is 9.86. The number of hydrogen-bond acceptors (Lipinski definition) is 6. The van der Waals surface area contributed by atoms with Gasteiger partial charge in [0, 0.05) is 12.1 Å². The van der Waals surface area contributed by atoms with Gasteiger partial charge in [0.05, 0.1) is 18.1 Å². The number of aliphatic hydroxyl groups excluding tert-OH is 1. The number of Topliss-reactive ketones (excluding diaryl/α,β-unsaturated/α-hetero) is 1. The van der Waals surface area contributed by atoms with Crippen molar-refractivity contribution in [3.63, 3.8) is 0 Å². The number of ketones is 1. The largest absolute Gasteiger partial charge is 0.485 e. The molecule has 2 unspecified atom stereocenters. The molecule has 1 aromatic rings. The first kappa shape index (κ1) is 25.0. The summed E-state index contributed by atoms with van der Waals surface area (Å²) >= 11 is 0. The average Bonchev–Trinajstić information content (AvgIpc) is 2.72. The van der Waals surface area contributed by atoms with Crippen molar-refractivity contribution in [2.24, 2.45) is 11.7 Å². The van der Waals surface area contributed by atoms with E-state index in [1.54, 1.807) is 0 Å². The molecule has 11 heteroatoms. The number of carboxylic acid groups (broad SMARTS) is 1. The van der Waals surface area contributed by atoms with Gasteiger partial charge in [0.15, 0.2) is 23.2 Å². The number of aliphatic carboxylic acids is 1. The van der Waals surface area contributed by atoms with Crippen LogP contribution in [0.2, 0.25) is 0 Å². The molecule has 1 saturated carbocycles. The van der Waals surface area contributed by atoms with Crippen molar-refractivity contribution in [3.05, 3.63) is 29.3 Å². The second-order valence-corrected chi connectivity index (χ2v) is 7.69. The number of carbonyl (C=O) groups is 2. The summed E-state index contributed by atoms with van der Waals surface area (Å²) in [6, 6.07) is -2.69. The van der Waals surface area contributed by atoms with Gasteiger partial charge in [0.2, 0.25) is 11.6 Å². The lowest BCUT2D eigenvalue weighted by Gasteiger charge is -2.31. The van der Waals surface area contributed by atoms with E-state index in [4.69, 9.17) is 5.73 Å². The van der Waals surface area contributed by atoms with Crippen LogP contribution in [0.15, 0.2) is 6.07 Å². The molecule has 0 amide bonds. The third-order valence-corrected chi connectivity index (χ3v) is 5.40. The maximum Gasteiger partial charge on any atom is 0.321 e. The van der Waals surface area contributed by atoms with Crippen molar-refractivity contribution < 1.29 is 42.1 Å². The van der Waals surface area contributed by atoms with Crippen LogP contribution in [0.4, 0.5) is 17.6 Å². The number of hydrogen-bond donors (Lipinski definition) is 4. The van der Waals surface area contributed by atoms with Crippen LogP contribution in [0.25, 0.3) is 0 Å². The zero-order chi connectivity index (χ0) is 23.3. The molecule has 0 bridgehead atoms. The second-order valence-electron chi connectivity index (χ2n) is 7.69. The van der Waals surface area contributed by atoms with E-state index < -0.39 is 71.5 Å².